The van der Waals surface area contributed by atoms with E-state index in [1.807, 2.05) is 60.5 Å². The summed E-state index contributed by atoms with van der Waals surface area (Å²) in [6.45, 7) is 0.887. The molecular formula is C19H21N3O2S. The lowest BCUT2D eigenvalue weighted by Gasteiger charge is -2.15. The van der Waals surface area contributed by atoms with Crippen molar-refractivity contribution >= 4 is 32.6 Å². The van der Waals surface area contributed by atoms with Crippen LogP contribution in [0.1, 0.15) is 5.56 Å². The number of aromatic nitrogens is 1. The van der Waals surface area contributed by atoms with E-state index >= 15 is 0 Å². The van der Waals surface area contributed by atoms with Gasteiger partial charge in [-0.15, -0.1) is 0 Å². The number of carbonyl (C=O) groups excluding carboxylic acids is 1. The van der Waals surface area contributed by atoms with E-state index in [0.29, 0.717) is 6.54 Å². The van der Waals surface area contributed by atoms with Gasteiger partial charge in [0, 0.05) is 13.6 Å². The molecule has 3 rings (SSSR count). The molecule has 0 aliphatic rings. The molecule has 1 aromatic heterocycles. The lowest BCUT2D eigenvalue weighted by atomic mass is 10.1. The van der Waals surface area contributed by atoms with E-state index in [2.05, 4.69) is 10.3 Å². The van der Waals surface area contributed by atoms with Crippen molar-refractivity contribution in [3.8, 4) is 5.75 Å². The average Bonchev–Trinajstić information content (AvgIpc) is 3.06. The van der Waals surface area contributed by atoms with Gasteiger partial charge in [0.25, 0.3) is 0 Å². The number of benzene rings is 2. The van der Waals surface area contributed by atoms with Crippen LogP contribution in [0, 0.1) is 0 Å². The number of thiazole rings is 1. The molecule has 1 amide bonds. The monoisotopic (exact) mass is 355 g/mol. The van der Waals surface area contributed by atoms with Gasteiger partial charge in [0.1, 0.15) is 5.75 Å². The maximum atomic E-state index is 12.2. The molecule has 0 aliphatic carbocycles. The first kappa shape index (κ1) is 17.2. The predicted molar refractivity (Wildman–Crippen MR) is 103 cm³/mol. The van der Waals surface area contributed by atoms with E-state index in [9.17, 15) is 4.79 Å². The van der Waals surface area contributed by atoms with Crippen molar-refractivity contribution in [1.29, 1.82) is 0 Å². The third kappa shape index (κ3) is 4.48. The van der Waals surface area contributed by atoms with Crippen molar-refractivity contribution in [2.45, 2.75) is 6.42 Å². The Hall–Kier alpha value is -2.60. The highest BCUT2D eigenvalue weighted by molar-refractivity contribution is 7.22. The summed E-state index contributed by atoms with van der Waals surface area (Å²) in [6, 6.07) is 15.9. The van der Waals surface area contributed by atoms with Crippen LogP contribution >= 0.6 is 11.3 Å². The second-order valence-electron chi connectivity index (χ2n) is 5.77. The third-order valence-corrected chi connectivity index (χ3v) is 5.01. The molecule has 0 saturated carbocycles. The van der Waals surface area contributed by atoms with Crippen LogP contribution in [0.15, 0.2) is 48.5 Å². The van der Waals surface area contributed by atoms with E-state index in [-0.39, 0.29) is 12.5 Å². The van der Waals surface area contributed by atoms with Crippen molar-refractivity contribution in [3.05, 3.63) is 54.1 Å². The summed E-state index contributed by atoms with van der Waals surface area (Å²) in [5, 5.41) is 3.81. The highest BCUT2D eigenvalue weighted by Crippen LogP contribution is 2.27. The number of anilines is 1. The normalized spacial score (nSPS) is 10.6. The molecule has 5 nitrogen and oxygen atoms in total. The zero-order valence-corrected chi connectivity index (χ0v) is 15.2. The van der Waals surface area contributed by atoms with Gasteiger partial charge in [-0.2, -0.15) is 0 Å². The standard InChI is InChI=1S/C19H21N3O2S/c1-22(19-21-16-8-3-4-9-17(16)25-19)13-18(23)20-11-10-14-6-5-7-15(12-14)24-2/h3-9,12H,10-11,13H2,1-2H3,(H,20,23). The van der Waals surface area contributed by atoms with Crippen LogP contribution < -0.4 is 15.0 Å². The minimum atomic E-state index is -0.00958. The van der Waals surface area contributed by atoms with Gasteiger partial charge in [0.05, 0.1) is 23.9 Å². The largest absolute Gasteiger partial charge is 0.497 e. The molecule has 1 N–H and O–H groups in total. The van der Waals surface area contributed by atoms with Gasteiger partial charge in [-0.25, -0.2) is 4.98 Å². The SMILES string of the molecule is COc1cccc(CCNC(=O)CN(C)c2nc3ccccc3s2)c1. The van der Waals surface area contributed by atoms with Crippen molar-refractivity contribution in [2.75, 3.05) is 32.1 Å². The van der Waals surface area contributed by atoms with Crippen molar-refractivity contribution < 1.29 is 9.53 Å². The number of likely N-dealkylation sites (N-methyl/N-ethyl adjacent to an activating group) is 1. The fourth-order valence-electron chi connectivity index (χ4n) is 2.54. The highest BCUT2D eigenvalue weighted by atomic mass is 32.1. The zero-order chi connectivity index (χ0) is 17.6. The molecule has 0 radical (unpaired) electrons. The molecule has 0 fully saturated rings. The maximum Gasteiger partial charge on any atom is 0.239 e. The molecule has 25 heavy (non-hydrogen) atoms. The number of para-hydroxylation sites is 1. The minimum Gasteiger partial charge on any atom is -0.497 e. The van der Waals surface area contributed by atoms with E-state index in [0.717, 1.165) is 33.1 Å². The van der Waals surface area contributed by atoms with E-state index in [1.54, 1.807) is 18.4 Å². The van der Waals surface area contributed by atoms with Gasteiger partial charge < -0.3 is 15.0 Å². The molecule has 0 spiro atoms. The molecule has 3 aromatic rings. The summed E-state index contributed by atoms with van der Waals surface area (Å²) in [4.78, 5) is 18.6. The van der Waals surface area contributed by atoms with Crippen molar-refractivity contribution in [3.63, 3.8) is 0 Å². The Bertz CT molecular complexity index is 830. The summed E-state index contributed by atoms with van der Waals surface area (Å²) < 4.78 is 6.34. The molecule has 0 unspecified atom stereocenters. The second kappa shape index (κ2) is 7.98. The first-order valence-electron chi connectivity index (χ1n) is 8.12. The fraction of sp³-hybridized carbons (Fsp3) is 0.263. The lowest BCUT2D eigenvalue weighted by Crippen LogP contribution is -2.36. The number of amides is 1. The Kier molecular flexibility index (Phi) is 5.50. The maximum absolute atomic E-state index is 12.2. The number of carbonyl (C=O) groups is 1. The minimum absolute atomic E-state index is 0.00958. The number of rotatable bonds is 7. The zero-order valence-electron chi connectivity index (χ0n) is 14.4. The summed E-state index contributed by atoms with van der Waals surface area (Å²) in [6.07, 6.45) is 0.772. The molecular weight excluding hydrogens is 334 g/mol. The Morgan fingerprint density at radius 2 is 2.08 bits per heavy atom. The third-order valence-electron chi connectivity index (χ3n) is 3.86. The lowest BCUT2D eigenvalue weighted by molar-refractivity contribution is -0.119. The Morgan fingerprint density at radius 1 is 1.24 bits per heavy atom. The predicted octanol–water partition coefficient (Wildman–Crippen LogP) is 3.10. The number of fused-ring (bicyclic) bond motifs is 1. The topological polar surface area (TPSA) is 54.5 Å². The molecule has 0 atom stereocenters. The highest BCUT2D eigenvalue weighted by Gasteiger charge is 2.11. The van der Waals surface area contributed by atoms with Crippen LogP contribution in [0.3, 0.4) is 0 Å². The van der Waals surface area contributed by atoms with Gasteiger partial charge in [0.2, 0.25) is 5.91 Å². The molecule has 6 heteroatoms. The molecule has 130 valence electrons. The number of methoxy groups -OCH3 is 1. The van der Waals surface area contributed by atoms with Crippen LogP contribution in [0.2, 0.25) is 0 Å². The number of nitrogens with one attached hydrogen (secondary N) is 1. The van der Waals surface area contributed by atoms with Gasteiger partial charge in [-0.05, 0) is 36.2 Å². The van der Waals surface area contributed by atoms with Crippen molar-refractivity contribution in [2.24, 2.45) is 0 Å². The van der Waals surface area contributed by atoms with Gasteiger partial charge in [-0.3, -0.25) is 4.79 Å². The van der Waals surface area contributed by atoms with Gasteiger partial charge in [0.15, 0.2) is 5.13 Å². The molecule has 1 heterocycles. The first-order valence-corrected chi connectivity index (χ1v) is 8.93. The van der Waals surface area contributed by atoms with E-state index < -0.39 is 0 Å². The Balaban J connectivity index is 1.49. The summed E-state index contributed by atoms with van der Waals surface area (Å²) in [5.41, 5.74) is 2.10. The fourth-order valence-corrected chi connectivity index (χ4v) is 3.46. The molecule has 0 bridgehead atoms. The smallest absolute Gasteiger partial charge is 0.239 e. The quantitative estimate of drug-likeness (QED) is 0.708. The number of hydrogen-bond donors (Lipinski definition) is 1. The van der Waals surface area contributed by atoms with Crippen molar-refractivity contribution in [1.82, 2.24) is 10.3 Å². The van der Waals surface area contributed by atoms with Crippen LogP contribution in [0.5, 0.6) is 5.75 Å². The Morgan fingerprint density at radius 3 is 2.88 bits per heavy atom. The Labute approximate surface area is 151 Å². The summed E-state index contributed by atoms with van der Waals surface area (Å²) >= 11 is 1.59. The van der Waals surface area contributed by atoms with E-state index in [4.69, 9.17) is 4.74 Å². The first-order chi connectivity index (χ1) is 12.2. The van der Waals surface area contributed by atoms with Crippen LogP contribution in [0.25, 0.3) is 10.2 Å². The molecule has 2 aromatic carbocycles. The van der Waals surface area contributed by atoms with Crippen LogP contribution in [-0.2, 0) is 11.2 Å². The molecule has 0 aliphatic heterocycles. The second-order valence-corrected chi connectivity index (χ2v) is 6.78. The summed E-state index contributed by atoms with van der Waals surface area (Å²) in [7, 11) is 3.54. The molecule has 0 saturated heterocycles. The number of nitrogens with zero attached hydrogens (tertiary/aromatic N) is 2. The average molecular weight is 355 g/mol. The van der Waals surface area contributed by atoms with Crippen LogP contribution in [0.4, 0.5) is 5.13 Å². The number of ether oxygens (including phenoxy) is 1. The van der Waals surface area contributed by atoms with Gasteiger partial charge in [-0.1, -0.05) is 35.6 Å². The van der Waals surface area contributed by atoms with Gasteiger partial charge >= 0.3 is 0 Å². The van der Waals surface area contributed by atoms with Crippen LogP contribution in [-0.4, -0.2) is 38.1 Å². The van der Waals surface area contributed by atoms with E-state index in [1.165, 1.54) is 0 Å². The number of hydrogen-bond acceptors (Lipinski definition) is 5. The summed E-state index contributed by atoms with van der Waals surface area (Å²) in [5.74, 6) is 0.823.